The first-order valence-corrected chi connectivity index (χ1v) is 6.67. The summed E-state index contributed by atoms with van der Waals surface area (Å²) in [5.41, 5.74) is 6.37. The molecule has 20 heavy (non-hydrogen) atoms. The molecule has 1 rings (SSSR count). The van der Waals surface area contributed by atoms with Crippen LogP contribution in [0.3, 0.4) is 0 Å². The van der Waals surface area contributed by atoms with Gasteiger partial charge in [-0.15, -0.1) is 0 Å². The van der Waals surface area contributed by atoms with Crippen molar-refractivity contribution in [2.45, 2.75) is 12.6 Å². The average molecular weight is 301 g/mol. The summed E-state index contributed by atoms with van der Waals surface area (Å²) >= 11 is 5.99. The van der Waals surface area contributed by atoms with E-state index in [4.69, 9.17) is 22.4 Å². The average Bonchev–Trinajstić information content (AvgIpc) is 2.45. The molecule has 0 spiro atoms. The molecule has 0 heterocycles. The minimum atomic E-state index is -0.562. The van der Waals surface area contributed by atoms with Crippen LogP contribution in [0.4, 0.5) is 4.79 Å². The summed E-state index contributed by atoms with van der Waals surface area (Å²) in [7, 11) is 0. The first-order valence-electron chi connectivity index (χ1n) is 6.29. The molecule has 0 saturated heterocycles. The van der Waals surface area contributed by atoms with Gasteiger partial charge in [-0.05, 0) is 11.6 Å². The van der Waals surface area contributed by atoms with Gasteiger partial charge in [-0.1, -0.05) is 29.8 Å². The van der Waals surface area contributed by atoms with Gasteiger partial charge in [0.05, 0.1) is 13.2 Å². The van der Waals surface area contributed by atoms with Gasteiger partial charge in [-0.2, -0.15) is 0 Å². The first-order chi connectivity index (χ1) is 9.58. The fourth-order valence-electron chi connectivity index (χ4n) is 1.65. The Balaban J connectivity index is 2.55. The van der Waals surface area contributed by atoms with E-state index in [9.17, 15) is 9.90 Å². The lowest BCUT2D eigenvalue weighted by Gasteiger charge is -2.24. The summed E-state index contributed by atoms with van der Waals surface area (Å²) in [5, 5.41) is 22.8. The number of aliphatic hydroxyl groups excluding tert-OH is 1. The number of halogens is 1. The molecule has 0 fully saturated rings. The van der Waals surface area contributed by atoms with E-state index in [1.54, 1.807) is 18.2 Å². The molecule has 0 saturated carbocycles. The van der Waals surface area contributed by atoms with Gasteiger partial charge in [0.25, 0.3) is 0 Å². The van der Waals surface area contributed by atoms with Crippen molar-refractivity contribution in [2.75, 3.05) is 26.3 Å². The van der Waals surface area contributed by atoms with Crippen LogP contribution in [0.1, 0.15) is 5.56 Å². The van der Waals surface area contributed by atoms with Crippen LogP contribution >= 0.6 is 11.6 Å². The highest BCUT2D eigenvalue weighted by Crippen LogP contribution is 2.14. The van der Waals surface area contributed by atoms with Crippen LogP contribution in [0, 0.1) is 0 Å². The highest BCUT2D eigenvalue weighted by Gasteiger charge is 2.16. The number of hydrogen-bond acceptors (Lipinski definition) is 3. The van der Waals surface area contributed by atoms with Crippen molar-refractivity contribution in [3.05, 3.63) is 34.9 Å². The van der Waals surface area contributed by atoms with Gasteiger partial charge in [0.15, 0.2) is 0 Å². The molecule has 2 amide bonds. The smallest absolute Gasteiger partial charge is 0.317 e. The number of nitrogens with one attached hydrogen (secondary N) is 1. The number of nitrogens with zero attached hydrogens (tertiary/aromatic N) is 1. The molecular weight excluding hydrogens is 282 g/mol. The molecular formula is C13H19ClN3O3. The fraction of sp³-hybridized carbons (Fsp3) is 0.462. The summed E-state index contributed by atoms with van der Waals surface area (Å²) in [6.07, 6.45) is 0. The summed E-state index contributed by atoms with van der Waals surface area (Å²) in [4.78, 5) is 13.3. The molecule has 0 aliphatic rings. The van der Waals surface area contributed by atoms with Crippen LogP contribution < -0.4 is 11.1 Å². The number of hydrogen-bond donors (Lipinski definition) is 3. The number of nitrogens with two attached hydrogens (primary N) is 1. The molecule has 1 radical (unpaired) electrons. The molecule has 7 heteroatoms. The van der Waals surface area contributed by atoms with Crippen molar-refractivity contribution in [2.24, 2.45) is 5.73 Å². The second-order valence-corrected chi connectivity index (χ2v) is 4.75. The third-order valence-electron chi connectivity index (χ3n) is 2.73. The maximum absolute atomic E-state index is 12.0. The predicted molar refractivity (Wildman–Crippen MR) is 75.9 cm³/mol. The Morgan fingerprint density at radius 2 is 2.15 bits per heavy atom. The summed E-state index contributed by atoms with van der Waals surface area (Å²) in [5.74, 6) is 0. The van der Waals surface area contributed by atoms with Gasteiger partial charge >= 0.3 is 6.03 Å². The summed E-state index contributed by atoms with van der Waals surface area (Å²) in [6.45, 7) is -0.220. The third kappa shape index (κ3) is 5.34. The quantitative estimate of drug-likeness (QED) is 0.687. The van der Waals surface area contributed by atoms with E-state index >= 15 is 0 Å². The van der Waals surface area contributed by atoms with E-state index in [1.807, 2.05) is 6.07 Å². The fourth-order valence-corrected chi connectivity index (χ4v) is 1.85. The van der Waals surface area contributed by atoms with Crippen LogP contribution in [0.2, 0.25) is 5.02 Å². The standard InChI is InChI=1S/C13H19ClN3O3/c14-12-4-2-1-3-10(12)7-16-13(20)17(5-6-18)8-11(15)9-19/h1-4,11,19H,5-9,15H2,(H,16,20)/t11-/m1/s1. The molecule has 0 aliphatic carbocycles. The number of rotatable bonds is 7. The molecule has 0 aliphatic heterocycles. The molecule has 111 valence electrons. The topological polar surface area (TPSA) is 98.5 Å². The SMILES string of the molecule is N[C@@H](CO)CN(CC[O])C(=O)NCc1ccccc1Cl. The zero-order valence-electron chi connectivity index (χ0n) is 11.1. The minimum Gasteiger partial charge on any atom is -0.395 e. The first kappa shape index (κ1) is 16.7. The lowest BCUT2D eigenvalue weighted by atomic mass is 10.2. The Morgan fingerprint density at radius 1 is 1.45 bits per heavy atom. The van der Waals surface area contributed by atoms with Crippen LogP contribution in [0.15, 0.2) is 24.3 Å². The van der Waals surface area contributed by atoms with E-state index in [2.05, 4.69) is 5.32 Å². The predicted octanol–water partition coefficient (Wildman–Crippen LogP) is 0.602. The van der Waals surface area contributed by atoms with Gasteiger partial charge in [-0.25, -0.2) is 9.90 Å². The van der Waals surface area contributed by atoms with E-state index in [-0.39, 0.29) is 26.2 Å². The number of benzene rings is 1. The maximum Gasteiger partial charge on any atom is 0.317 e. The van der Waals surface area contributed by atoms with Crippen LogP contribution in [0.5, 0.6) is 0 Å². The van der Waals surface area contributed by atoms with E-state index in [0.717, 1.165) is 5.56 Å². The Bertz CT molecular complexity index is 431. The monoisotopic (exact) mass is 300 g/mol. The van der Waals surface area contributed by atoms with Crippen LogP contribution in [-0.4, -0.2) is 48.4 Å². The zero-order chi connectivity index (χ0) is 15.0. The number of carbonyl (C=O) groups is 1. The molecule has 0 bridgehead atoms. The number of amides is 2. The highest BCUT2D eigenvalue weighted by molar-refractivity contribution is 6.31. The van der Waals surface area contributed by atoms with Crippen molar-refractivity contribution in [1.82, 2.24) is 10.2 Å². The Hall–Kier alpha value is -1.34. The van der Waals surface area contributed by atoms with Crippen molar-refractivity contribution >= 4 is 17.6 Å². The molecule has 4 N–H and O–H groups in total. The second-order valence-electron chi connectivity index (χ2n) is 4.34. The number of aliphatic hydroxyl groups is 1. The van der Waals surface area contributed by atoms with E-state index in [0.29, 0.717) is 5.02 Å². The van der Waals surface area contributed by atoms with Crippen molar-refractivity contribution in [3.63, 3.8) is 0 Å². The Labute approximate surface area is 123 Å². The van der Waals surface area contributed by atoms with Crippen LogP contribution in [-0.2, 0) is 11.7 Å². The van der Waals surface area contributed by atoms with Crippen molar-refractivity contribution in [1.29, 1.82) is 0 Å². The molecule has 0 aromatic heterocycles. The number of urea groups is 1. The molecule has 0 unspecified atom stereocenters. The van der Waals surface area contributed by atoms with Gasteiger partial charge in [0, 0.05) is 30.7 Å². The molecule has 1 atom stereocenters. The van der Waals surface area contributed by atoms with Gasteiger partial charge < -0.3 is 21.1 Å². The lowest BCUT2D eigenvalue weighted by Crippen LogP contribution is -2.48. The molecule has 1 aromatic carbocycles. The minimum absolute atomic E-state index is 0.0437. The summed E-state index contributed by atoms with van der Waals surface area (Å²) < 4.78 is 0. The Kier molecular flexibility index (Phi) is 7.32. The largest absolute Gasteiger partial charge is 0.395 e. The molecule has 1 aromatic rings. The number of carbonyl (C=O) groups excluding carboxylic acids is 1. The summed E-state index contributed by atoms with van der Waals surface area (Å²) in [6, 6.07) is 6.21. The maximum atomic E-state index is 12.0. The second kappa shape index (κ2) is 8.76. The zero-order valence-corrected chi connectivity index (χ0v) is 11.8. The van der Waals surface area contributed by atoms with Gasteiger partial charge in [0.1, 0.15) is 0 Å². The van der Waals surface area contributed by atoms with Gasteiger partial charge in [0.2, 0.25) is 0 Å². The van der Waals surface area contributed by atoms with Crippen molar-refractivity contribution in [3.8, 4) is 0 Å². The van der Waals surface area contributed by atoms with Crippen LogP contribution in [0.25, 0.3) is 0 Å². The van der Waals surface area contributed by atoms with E-state index in [1.165, 1.54) is 4.90 Å². The van der Waals surface area contributed by atoms with Crippen molar-refractivity contribution < 1.29 is 15.0 Å². The normalized spacial score (nSPS) is 12.0. The Morgan fingerprint density at radius 3 is 2.75 bits per heavy atom. The lowest BCUT2D eigenvalue weighted by molar-refractivity contribution is 0.134. The molecule has 6 nitrogen and oxygen atoms in total. The highest BCUT2D eigenvalue weighted by atomic mass is 35.5. The third-order valence-corrected chi connectivity index (χ3v) is 3.09. The van der Waals surface area contributed by atoms with E-state index < -0.39 is 18.7 Å². The van der Waals surface area contributed by atoms with Gasteiger partial charge in [-0.3, -0.25) is 0 Å².